The lowest BCUT2D eigenvalue weighted by molar-refractivity contribution is 0.0639. The number of carbonyl (C=O) groups excluding carboxylic acids is 2. The van der Waals surface area contributed by atoms with E-state index in [1.54, 1.807) is 14.2 Å². The molecular weight excluding hydrogens is 636 g/mol. The maximum absolute atomic E-state index is 14.2. The van der Waals surface area contributed by atoms with Crippen molar-refractivity contribution >= 4 is 11.8 Å². The molecule has 2 aromatic carbocycles. The van der Waals surface area contributed by atoms with Crippen molar-refractivity contribution in [3.63, 3.8) is 0 Å². The highest BCUT2D eigenvalue weighted by molar-refractivity contribution is 5.93. The Morgan fingerprint density at radius 3 is 1.42 bits per heavy atom. The monoisotopic (exact) mass is 668 g/mol. The summed E-state index contributed by atoms with van der Waals surface area (Å²) in [7, 11) is 3.12. The lowest BCUT2D eigenvalue weighted by atomic mass is 9.94. The van der Waals surface area contributed by atoms with E-state index in [2.05, 4.69) is 9.97 Å². The van der Waals surface area contributed by atoms with Crippen molar-refractivity contribution in [2.24, 2.45) is 11.5 Å². The van der Waals surface area contributed by atoms with Crippen LogP contribution in [-0.4, -0.2) is 61.4 Å². The van der Waals surface area contributed by atoms with Crippen molar-refractivity contribution < 1.29 is 46.1 Å². The van der Waals surface area contributed by atoms with Crippen LogP contribution in [0.2, 0.25) is 0 Å². The number of rotatable bonds is 8. The van der Waals surface area contributed by atoms with Gasteiger partial charge >= 0.3 is 0 Å². The van der Waals surface area contributed by atoms with Crippen molar-refractivity contribution in [1.29, 1.82) is 0 Å². The number of benzene rings is 2. The molecule has 0 aliphatic carbocycles. The molecule has 4 heterocycles. The zero-order valence-electron chi connectivity index (χ0n) is 26.0. The van der Waals surface area contributed by atoms with Crippen molar-refractivity contribution in [2.45, 2.75) is 37.9 Å². The molecule has 10 nitrogen and oxygen atoms in total. The molecule has 0 unspecified atom stereocenters. The first-order chi connectivity index (χ1) is 23.0. The SMILES string of the molecule is COC[C@@H]1CCc2c(-c3ccc(F)cc3F)cc(C(N)=O)nc2O1.COC[C@H]1CCc2c(-c3ccc(F)cc3F)cc(C(N)=O)nc2O1. The molecule has 2 aromatic heterocycles. The van der Waals surface area contributed by atoms with Gasteiger partial charge in [0, 0.05) is 48.6 Å². The molecule has 2 aliphatic heterocycles. The third-order valence-corrected chi connectivity index (χ3v) is 7.81. The maximum Gasteiger partial charge on any atom is 0.267 e. The number of carbonyl (C=O) groups is 2. The summed E-state index contributed by atoms with van der Waals surface area (Å²) in [4.78, 5) is 31.3. The van der Waals surface area contributed by atoms with Gasteiger partial charge in [-0.1, -0.05) is 0 Å². The lowest BCUT2D eigenvalue weighted by Gasteiger charge is -2.26. The second-order valence-electron chi connectivity index (χ2n) is 11.1. The minimum atomic E-state index is -0.751. The molecule has 4 N–H and O–H groups in total. The van der Waals surface area contributed by atoms with Gasteiger partial charge < -0.3 is 30.4 Å². The average molecular weight is 669 g/mol. The summed E-state index contributed by atoms with van der Waals surface area (Å²) in [6.07, 6.45) is 2.05. The zero-order chi connectivity index (χ0) is 34.5. The fourth-order valence-electron chi connectivity index (χ4n) is 5.57. The third-order valence-electron chi connectivity index (χ3n) is 7.81. The highest BCUT2D eigenvalue weighted by Gasteiger charge is 2.28. The number of fused-ring (bicyclic) bond motifs is 2. The van der Waals surface area contributed by atoms with E-state index in [9.17, 15) is 27.2 Å². The Morgan fingerprint density at radius 1 is 0.688 bits per heavy atom. The third kappa shape index (κ3) is 7.55. The Bertz CT molecular complexity index is 1720. The molecule has 0 fully saturated rings. The number of nitrogens with zero attached hydrogens (tertiary/aromatic N) is 2. The van der Waals surface area contributed by atoms with E-state index in [1.807, 2.05) is 0 Å². The number of hydrogen-bond donors (Lipinski definition) is 2. The minimum Gasteiger partial charge on any atom is -0.472 e. The Morgan fingerprint density at radius 2 is 1.08 bits per heavy atom. The predicted octanol–water partition coefficient (Wildman–Crippen LogP) is 4.93. The van der Waals surface area contributed by atoms with Gasteiger partial charge in [-0.25, -0.2) is 27.5 Å². The molecule has 14 heteroatoms. The number of pyridine rings is 2. The number of amides is 2. The standard InChI is InChI=1S/2C17H16F2N2O3/c2*1-23-8-10-3-5-12-13(11-4-2-9(18)6-14(11)19)7-15(16(20)22)21-17(12)24-10/h2*2,4,6-7,10H,3,5,8H2,1H3,(H2,20,22)/t2*10-/m10/s1. The van der Waals surface area contributed by atoms with Crippen LogP contribution in [0.5, 0.6) is 11.8 Å². The van der Waals surface area contributed by atoms with Crippen LogP contribution in [0, 0.1) is 23.3 Å². The van der Waals surface area contributed by atoms with Gasteiger partial charge in [-0.3, -0.25) is 9.59 Å². The molecule has 0 radical (unpaired) electrons. The second kappa shape index (κ2) is 14.8. The number of methoxy groups -OCH3 is 2. The van der Waals surface area contributed by atoms with Crippen LogP contribution < -0.4 is 20.9 Å². The van der Waals surface area contributed by atoms with Crippen molar-refractivity contribution in [3.05, 3.63) is 94.3 Å². The molecular formula is C34H32F4N4O6. The molecule has 2 amide bonds. The molecule has 4 aromatic rings. The van der Waals surface area contributed by atoms with Gasteiger partial charge in [0.1, 0.15) is 46.9 Å². The van der Waals surface area contributed by atoms with E-state index >= 15 is 0 Å². The van der Waals surface area contributed by atoms with Crippen LogP contribution in [0.3, 0.4) is 0 Å². The summed E-state index contributed by atoms with van der Waals surface area (Å²) in [5.74, 6) is -3.83. The molecule has 2 atom stereocenters. The largest absolute Gasteiger partial charge is 0.472 e. The first kappa shape index (κ1) is 34.3. The van der Waals surface area contributed by atoms with Gasteiger partial charge in [0.05, 0.1) is 13.2 Å². The van der Waals surface area contributed by atoms with Gasteiger partial charge in [-0.2, -0.15) is 0 Å². The van der Waals surface area contributed by atoms with Crippen LogP contribution in [0.4, 0.5) is 17.6 Å². The number of hydrogen-bond acceptors (Lipinski definition) is 8. The fourth-order valence-corrected chi connectivity index (χ4v) is 5.57. The summed E-state index contributed by atoms with van der Waals surface area (Å²) >= 11 is 0. The van der Waals surface area contributed by atoms with Gasteiger partial charge in [-0.15, -0.1) is 0 Å². The van der Waals surface area contributed by atoms with E-state index in [4.69, 9.17) is 30.4 Å². The first-order valence-corrected chi connectivity index (χ1v) is 14.9. The smallest absolute Gasteiger partial charge is 0.267 e. The Labute approximate surface area is 273 Å². The van der Waals surface area contributed by atoms with E-state index in [-0.39, 0.29) is 46.5 Å². The van der Waals surface area contributed by atoms with E-state index in [0.29, 0.717) is 61.2 Å². The molecule has 0 saturated carbocycles. The second-order valence-corrected chi connectivity index (χ2v) is 11.1. The van der Waals surface area contributed by atoms with Gasteiger partial charge in [0.15, 0.2) is 0 Å². The summed E-state index contributed by atoms with van der Waals surface area (Å²) in [6, 6.07) is 9.39. The Balaban J connectivity index is 0.000000188. The van der Waals surface area contributed by atoms with Crippen LogP contribution >= 0.6 is 0 Å². The number of halogens is 4. The normalized spacial score (nSPS) is 16.4. The summed E-state index contributed by atoms with van der Waals surface area (Å²) in [5, 5.41) is 0. The Hall–Kier alpha value is -5.08. The zero-order valence-corrected chi connectivity index (χ0v) is 26.0. The van der Waals surface area contributed by atoms with Crippen LogP contribution in [0.1, 0.15) is 44.9 Å². The van der Waals surface area contributed by atoms with Crippen LogP contribution in [-0.2, 0) is 22.3 Å². The van der Waals surface area contributed by atoms with Gasteiger partial charge in [0.2, 0.25) is 11.8 Å². The Kier molecular flexibility index (Phi) is 10.5. The topological polar surface area (TPSA) is 149 Å². The number of nitrogens with two attached hydrogens (primary N) is 2. The van der Waals surface area contributed by atoms with Crippen molar-refractivity contribution in [3.8, 4) is 34.0 Å². The predicted molar refractivity (Wildman–Crippen MR) is 165 cm³/mol. The van der Waals surface area contributed by atoms with Gasteiger partial charge in [-0.05, 0) is 73.2 Å². The summed E-state index contributed by atoms with van der Waals surface area (Å²) in [5.41, 5.74) is 13.1. The van der Waals surface area contributed by atoms with Crippen molar-refractivity contribution in [1.82, 2.24) is 9.97 Å². The highest BCUT2D eigenvalue weighted by atomic mass is 19.1. The maximum atomic E-state index is 14.2. The van der Waals surface area contributed by atoms with E-state index in [1.165, 1.54) is 24.3 Å². The number of ether oxygens (including phenoxy) is 4. The number of primary amides is 2. The molecule has 0 saturated heterocycles. The van der Waals surface area contributed by atoms with Crippen molar-refractivity contribution in [2.75, 3.05) is 27.4 Å². The molecule has 48 heavy (non-hydrogen) atoms. The highest BCUT2D eigenvalue weighted by Crippen LogP contribution is 2.38. The quantitative estimate of drug-likeness (QED) is 0.251. The van der Waals surface area contributed by atoms with Gasteiger partial charge in [0.25, 0.3) is 11.8 Å². The molecule has 0 spiro atoms. The fraction of sp³-hybridized carbons (Fsp3) is 0.294. The van der Waals surface area contributed by atoms with E-state index < -0.39 is 35.1 Å². The van der Waals surface area contributed by atoms with Crippen LogP contribution in [0.25, 0.3) is 22.3 Å². The molecule has 2 aliphatic rings. The summed E-state index contributed by atoms with van der Waals surface area (Å²) < 4.78 is 76.4. The van der Waals surface area contributed by atoms with Crippen LogP contribution in [0.15, 0.2) is 48.5 Å². The molecule has 252 valence electrons. The summed E-state index contributed by atoms with van der Waals surface area (Å²) in [6.45, 7) is 0.754. The molecule has 6 rings (SSSR count). The molecule has 0 bridgehead atoms. The first-order valence-electron chi connectivity index (χ1n) is 14.9. The lowest BCUT2D eigenvalue weighted by Crippen LogP contribution is -2.29. The van der Waals surface area contributed by atoms with E-state index in [0.717, 1.165) is 24.3 Å². The average Bonchev–Trinajstić information content (AvgIpc) is 3.04. The number of aromatic nitrogens is 2. The minimum absolute atomic E-state index is 0.0365.